The van der Waals surface area contributed by atoms with Crippen LogP contribution in [-0.2, 0) is 4.79 Å². The van der Waals surface area contributed by atoms with Gasteiger partial charge in [0.05, 0.1) is 6.07 Å². The van der Waals surface area contributed by atoms with Gasteiger partial charge in [-0.3, -0.25) is 4.79 Å². The number of carbonyl (C=O) groups is 1. The molecular formula is C15H19N3O. The van der Waals surface area contributed by atoms with E-state index in [0.717, 1.165) is 25.1 Å². The maximum absolute atomic E-state index is 11.8. The third kappa shape index (κ3) is 3.72. The molecule has 4 heteroatoms. The lowest BCUT2D eigenvalue weighted by atomic mass is 9.97. The lowest BCUT2D eigenvalue weighted by Crippen LogP contribution is -2.26. The summed E-state index contributed by atoms with van der Waals surface area (Å²) in [4.78, 5) is 11.8. The molecule has 2 N–H and O–H groups in total. The monoisotopic (exact) mass is 257 g/mol. The number of nitriles is 1. The third-order valence-corrected chi connectivity index (χ3v) is 3.41. The van der Waals surface area contributed by atoms with E-state index in [9.17, 15) is 4.79 Å². The smallest absolute Gasteiger partial charge is 0.220 e. The molecule has 2 rings (SSSR count). The van der Waals surface area contributed by atoms with Crippen LogP contribution in [0.4, 0.5) is 5.69 Å². The van der Waals surface area contributed by atoms with Crippen molar-refractivity contribution in [1.29, 1.82) is 5.26 Å². The van der Waals surface area contributed by atoms with Crippen LogP contribution in [0.3, 0.4) is 0 Å². The molecule has 19 heavy (non-hydrogen) atoms. The molecule has 1 heterocycles. The molecule has 0 aliphatic carbocycles. The first-order valence-corrected chi connectivity index (χ1v) is 6.77. The molecular weight excluding hydrogens is 238 g/mol. The van der Waals surface area contributed by atoms with Crippen molar-refractivity contribution >= 4 is 11.6 Å². The molecule has 0 fully saturated rings. The highest BCUT2D eigenvalue weighted by molar-refractivity contribution is 5.78. The molecule has 0 radical (unpaired) electrons. The third-order valence-electron chi connectivity index (χ3n) is 3.41. The Hall–Kier alpha value is -2.02. The van der Waals surface area contributed by atoms with Crippen LogP contribution in [0.5, 0.6) is 0 Å². The first-order chi connectivity index (χ1) is 9.31. The van der Waals surface area contributed by atoms with Gasteiger partial charge in [0.2, 0.25) is 5.91 Å². The average Bonchev–Trinajstić information content (AvgIpc) is 2.82. The van der Waals surface area contributed by atoms with Gasteiger partial charge in [-0.05, 0) is 24.5 Å². The number of nitrogens with zero attached hydrogens (tertiary/aromatic N) is 1. The summed E-state index contributed by atoms with van der Waals surface area (Å²) in [6, 6.07) is 10.3. The number of hydrogen-bond donors (Lipinski definition) is 2. The summed E-state index contributed by atoms with van der Waals surface area (Å²) >= 11 is 0. The molecule has 1 aliphatic heterocycles. The van der Waals surface area contributed by atoms with Crippen molar-refractivity contribution in [3.63, 3.8) is 0 Å². The maximum Gasteiger partial charge on any atom is 0.220 e. The van der Waals surface area contributed by atoms with Gasteiger partial charge >= 0.3 is 0 Å². The van der Waals surface area contributed by atoms with Crippen LogP contribution in [0.25, 0.3) is 0 Å². The van der Waals surface area contributed by atoms with Gasteiger partial charge in [-0.25, -0.2) is 0 Å². The zero-order chi connectivity index (χ0) is 13.5. The second-order valence-corrected chi connectivity index (χ2v) is 4.83. The SMILES string of the molecule is N#CCCCCNC(=O)CC1CNc2ccccc21. The Kier molecular flexibility index (Phi) is 4.79. The number of benzene rings is 1. The van der Waals surface area contributed by atoms with Crippen molar-refractivity contribution in [2.75, 3.05) is 18.4 Å². The van der Waals surface area contributed by atoms with E-state index in [2.05, 4.69) is 28.8 Å². The van der Waals surface area contributed by atoms with E-state index in [1.165, 1.54) is 5.56 Å². The van der Waals surface area contributed by atoms with E-state index >= 15 is 0 Å². The Morgan fingerprint density at radius 2 is 2.26 bits per heavy atom. The van der Waals surface area contributed by atoms with Crippen LogP contribution >= 0.6 is 0 Å². The molecule has 0 aromatic heterocycles. The molecule has 1 amide bonds. The Balaban J connectivity index is 1.74. The summed E-state index contributed by atoms with van der Waals surface area (Å²) in [5.41, 5.74) is 2.39. The molecule has 0 saturated carbocycles. The van der Waals surface area contributed by atoms with Crippen molar-refractivity contribution in [1.82, 2.24) is 5.32 Å². The fraction of sp³-hybridized carbons (Fsp3) is 0.467. The molecule has 1 aromatic rings. The van der Waals surface area contributed by atoms with Gasteiger partial charge in [-0.15, -0.1) is 0 Å². The number of rotatable bonds is 6. The molecule has 1 aromatic carbocycles. The quantitative estimate of drug-likeness (QED) is 0.769. The van der Waals surface area contributed by atoms with Gasteiger partial charge in [0.15, 0.2) is 0 Å². The summed E-state index contributed by atoms with van der Waals surface area (Å²) in [5, 5.41) is 14.7. The summed E-state index contributed by atoms with van der Waals surface area (Å²) in [5.74, 6) is 0.371. The fourth-order valence-corrected chi connectivity index (χ4v) is 2.39. The summed E-state index contributed by atoms with van der Waals surface area (Å²) in [6.45, 7) is 1.50. The van der Waals surface area contributed by atoms with Crippen LogP contribution < -0.4 is 10.6 Å². The molecule has 1 unspecified atom stereocenters. The number of hydrogen-bond acceptors (Lipinski definition) is 3. The van der Waals surface area contributed by atoms with Crippen molar-refractivity contribution in [2.45, 2.75) is 31.6 Å². The van der Waals surface area contributed by atoms with Gasteiger partial charge in [0.25, 0.3) is 0 Å². The molecule has 1 aliphatic rings. The number of para-hydroxylation sites is 1. The number of amides is 1. The first-order valence-electron chi connectivity index (χ1n) is 6.77. The Morgan fingerprint density at radius 3 is 3.11 bits per heavy atom. The predicted octanol–water partition coefficient (Wildman–Crippen LogP) is 2.40. The number of unbranched alkanes of at least 4 members (excludes halogenated alkanes) is 2. The van der Waals surface area contributed by atoms with Gasteiger partial charge in [0.1, 0.15) is 0 Å². The van der Waals surface area contributed by atoms with E-state index in [0.29, 0.717) is 19.4 Å². The van der Waals surface area contributed by atoms with E-state index in [1.807, 2.05) is 12.1 Å². The maximum atomic E-state index is 11.8. The van der Waals surface area contributed by atoms with Crippen LogP contribution in [0.2, 0.25) is 0 Å². The molecule has 0 spiro atoms. The van der Waals surface area contributed by atoms with E-state index in [4.69, 9.17) is 5.26 Å². The summed E-state index contributed by atoms with van der Waals surface area (Å²) in [6.07, 6.45) is 2.82. The Morgan fingerprint density at radius 1 is 1.42 bits per heavy atom. The lowest BCUT2D eigenvalue weighted by molar-refractivity contribution is -0.121. The van der Waals surface area contributed by atoms with Gasteiger partial charge in [-0.1, -0.05) is 18.2 Å². The Labute approximate surface area is 113 Å². The average molecular weight is 257 g/mol. The van der Waals surface area contributed by atoms with Crippen LogP contribution in [0, 0.1) is 11.3 Å². The number of anilines is 1. The van der Waals surface area contributed by atoms with Crippen LogP contribution in [0.15, 0.2) is 24.3 Å². The van der Waals surface area contributed by atoms with Gasteiger partial charge in [0, 0.05) is 37.5 Å². The summed E-state index contributed by atoms with van der Waals surface area (Å²) < 4.78 is 0. The fourth-order valence-electron chi connectivity index (χ4n) is 2.39. The highest BCUT2D eigenvalue weighted by Crippen LogP contribution is 2.32. The lowest BCUT2D eigenvalue weighted by Gasteiger charge is -2.10. The van der Waals surface area contributed by atoms with Crippen molar-refractivity contribution in [2.24, 2.45) is 0 Å². The zero-order valence-corrected chi connectivity index (χ0v) is 11.0. The molecule has 0 bridgehead atoms. The highest BCUT2D eigenvalue weighted by Gasteiger charge is 2.23. The van der Waals surface area contributed by atoms with Crippen molar-refractivity contribution < 1.29 is 4.79 Å². The number of fused-ring (bicyclic) bond motifs is 1. The van der Waals surface area contributed by atoms with Crippen LogP contribution in [0.1, 0.15) is 37.2 Å². The minimum atomic E-state index is 0.0976. The van der Waals surface area contributed by atoms with E-state index in [1.54, 1.807) is 0 Å². The van der Waals surface area contributed by atoms with Crippen LogP contribution in [-0.4, -0.2) is 19.0 Å². The van der Waals surface area contributed by atoms with Gasteiger partial charge in [-0.2, -0.15) is 5.26 Å². The van der Waals surface area contributed by atoms with Crippen molar-refractivity contribution in [3.05, 3.63) is 29.8 Å². The van der Waals surface area contributed by atoms with Gasteiger partial charge < -0.3 is 10.6 Å². The Bertz CT molecular complexity index is 479. The minimum absolute atomic E-state index is 0.0976. The number of carbonyl (C=O) groups excluding carboxylic acids is 1. The molecule has 4 nitrogen and oxygen atoms in total. The minimum Gasteiger partial charge on any atom is -0.384 e. The second-order valence-electron chi connectivity index (χ2n) is 4.83. The largest absolute Gasteiger partial charge is 0.384 e. The van der Waals surface area contributed by atoms with E-state index < -0.39 is 0 Å². The second kappa shape index (κ2) is 6.79. The molecule has 1 atom stereocenters. The predicted molar refractivity (Wildman–Crippen MR) is 74.8 cm³/mol. The number of nitrogens with one attached hydrogen (secondary N) is 2. The van der Waals surface area contributed by atoms with Crippen molar-refractivity contribution in [3.8, 4) is 6.07 Å². The molecule has 0 saturated heterocycles. The zero-order valence-electron chi connectivity index (χ0n) is 11.0. The highest BCUT2D eigenvalue weighted by atomic mass is 16.1. The molecule has 100 valence electrons. The summed E-state index contributed by atoms with van der Waals surface area (Å²) in [7, 11) is 0. The normalized spacial score (nSPS) is 16.3. The first kappa shape index (κ1) is 13.4. The topological polar surface area (TPSA) is 64.9 Å². The standard InChI is InChI=1S/C15H19N3O/c16-8-4-1-5-9-17-15(19)10-12-11-18-14-7-3-2-6-13(12)14/h2-3,6-7,12,18H,1,4-5,9-11H2,(H,17,19). The van der Waals surface area contributed by atoms with E-state index in [-0.39, 0.29) is 11.8 Å².